The van der Waals surface area contributed by atoms with E-state index in [-0.39, 0.29) is 18.9 Å². The number of benzene rings is 2. The van der Waals surface area contributed by atoms with Crippen LogP contribution in [0.15, 0.2) is 42.5 Å². The van der Waals surface area contributed by atoms with Gasteiger partial charge >= 0.3 is 0 Å². The lowest BCUT2D eigenvalue weighted by Gasteiger charge is -2.24. The van der Waals surface area contributed by atoms with Crippen molar-refractivity contribution in [3.05, 3.63) is 58.6 Å². The normalized spacial score (nSPS) is 11.2. The molecule has 2 aromatic carbocycles. The van der Waals surface area contributed by atoms with Gasteiger partial charge in [-0.25, -0.2) is 8.42 Å². The van der Waals surface area contributed by atoms with Gasteiger partial charge in [-0.1, -0.05) is 36.7 Å². The van der Waals surface area contributed by atoms with E-state index in [1.165, 1.54) is 4.31 Å². The molecule has 0 aliphatic heterocycles. The van der Waals surface area contributed by atoms with Gasteiger partial charge in [-0.2, -0.15) is 0 Å². The number of nitrogens with one attached hydrogen (secondary N) is 1. The molecule has 2 rings (SSSR count). The number of carbonyl (C=O) groups is 1. The lowest BCUT2D eigenvalue weighted by molar-refractivity contribution is -0.116. The van der Waals surface area contributed by atoms with Crippen LogP contribution in [0.25, 0.3) is 0 Å². The minimum absolute atomic E-state index is 0.0488. The zero-order chi connectivity index (χ0) is 19.3. The minimum Gasteiger partial charge on any atom is -0.326 e. The summed E-state index contributed by atoms with van der Waals surface area (Å²) in [6.07, 6.45) is 1.91. The Balaban J connectivity index is 2.14. The molecule has 0 radical (unpaired) electrons. The van der Waals surface area contributed by atoms with Crippen LogP contribution < -0.4 is 9.62 Å². The summed E-state index contributed by atoms with van der Waals surface area (Å²) >= 11 is 5.92. The van der Waals surface area contributed by atoms with E-state index in [2.05, 4.69) is 5.32 Å². The van der Waals surface area contributed by atoms with Crippen molar-refractivity contribution in [2.45, 2.75) is 26.7 Å². The topological polar surface area (TPSA) is 66.5 Å². The molecule has 1 amide bonds. The minimum atomic E-state index is -3.50. The number of anilines is 2. The molecule has 0 aliphatic rings. The van der Waals surface area contributed by atoms with Crippen LogP contribution >= 0.6 is 11.6 Å². The number of hydrogen-bond donors (Lipinski definition) is 1. The average molecular weight is 395 g/mol. The third-order valence-corrected chi connectivity index (χ3v) is 5.46. The second-order valence-corrected chi connectivity index (χ2v) is 8.42. The van der Waals surface area contributed by atoms with Gasteiger partial charge in [-0.3, -0.25) is 9.10 Å². The second kappa shape index (κ2) is 8.56. The second-order valence-electron chi connectivity index (χ2n) is 6.07. The molecule has 0 aliphatic carbocycles. The van der Waals surface area contributed by atoms with E-state index in [1.54, 1.807) is 30.3 Å². The Bertz CT molecular complexity index is 897. The van der Waals surface area contributed by atoms with Crippen LogP contribution in [-0.2, 0) is 21.2 Å². The number of hydrogen-bond acceptors (Lipinski definition) is 3. The van der Waals surface area contributed by atoms with E-state index in [0.29, 0.717) is 22.8 Å². The highest BCUT2D eigenvalue weighted by molar-refractivity contribution is 7.92. The summed E-state index contributed by atoms with van der Waals surface area (Å²) in [6.45, 7) is 3.89. The van der Waals surface area contributed by atoms with Crippen molar-refractivity contribution in [3.63, 3.8) is 0 Å². The Morgan fingerprint density at radius 3 is 2.50 bits per heavy atom. The zero-order valence-corrected chi connectivity index (χ0v) is 16.7. The monoisotopic (exact) mass is 394 g/mol. The van der Waals surface area contributed by atoms with E-state index in [4.69, 9.17) is 11.6 Å². The highest BCUT2D eigenvalue weighted by Gasteiger charge is 2.20. The molecule has 0 atom stereocenters. The van der Waals surface area contributed by atoms with Gasteiger partial charge in [0.25, 0.3) is 0 Å². The number of amides is 1. The lowest BCUT2D eigenvalue weighted by Crippen LogP contribution is -2.33. The Morgan fingerprint density at radius 2 is 1.88 bits per heavy atom. The predicted molar refractivity (Wildman–Crippen MR) is 107 cm³/mol. The van der Waals surface area contributed by atoms with Crippen molar-refractivity contribution in [2.24, 2.45) is 0 Å². The number of aryl methyl sites for hydroxylation is 2. The molecule has 0 spiro atoms. The van der Waals surface area contributed by atoms with Crippen LogP contribution in [0.3, 0.4) is 0 Å². The molecule has 0 aromatic heterocycles. The van der Waals surface area contributed by atoms with Gasteiger partial charge in [0.1, 0.15) is 0 Å². The molecule has 0 bridgehead atoms. The fourth-order valence-electron chi connectivity index (χ4n) is 2.70. The van der Waals surface area contributed by atoms with Crippen LogP contribution in [0.5, 0.6) is 0 Å². The number of halogens is 1. The van der Waals surface area contributed by atoms with Crippen LogP contribution in [0.2, 0.25) is 5.02 Å². The van der Waals surface area contributed by atoms with Crippen LogP contribution in [0, 0.1) is 6.92 Å². The summed E-state index contributed by atoms with van der Waals surface area (Å²) in [5.74, 6) is -0.252. The fraction of sp³-hybridized carbons (Fsp3) is 0.316. The van der Waals surface area contributed by atoms with E-state index in [9.17, 15) is 13.2 Å². The molecule has 0 heterocycles. The molecule has 1 N–H and O–H groups in total. The van der Waals surface area contributed by atoms with Gasteiger partial charge in [0.2, 0.25) is 15.9 Å². The Hall–Kier alpha value is -2.05. The largest absolute Gasteiger partial charge is 0.326 e. The van der Waals surface area contributed by atoms with Gasteiger partial charge in [0.15, 0.2) is 0 Å². The summed E-state index contributed by atoms with van der Waals surface area (Å²) in [5, 5.41) is 3.40. The van der Waals surface area contributed by atoms with E-state index in [1.807, 2.05) is 26.0 Å². The maximum atomic E-state index is 12.3. The highest BCUT2D eigenvalue weighted by atomic mass is 35.5. The molecule has 0 fully saturated rings. The van der Waals surface area contributed by atoms with Crippen molar-refractivity contribution in [1.29, 1.82) is 0 Å². The maximum absolute atomic E-state index is 12.3. The SMILES string of the molecule is CCc1ccccc1N(CCC(=O)Nc1ccc(Cl)cc1C)S(C)(=O)=O. The molecule has 0 saturated heterocycles. The van der Waals surface area contributed by atoms with Gasteiger partial charge in [0.05, 0.1) is 11.9 Å². The van der Waals surface area contributed by atoms with Gasteiger partial charge < -0.3 is 5.32 Å². The number of carbonyl (C=O) groups excluding carboxylic acids is 1. The standard InChI is InChI=1S/C19H23ClN2O3S/c1-4-15-7-5-6-8-18(15)22(26(3,24)25)12-11-19(23)21-17-10-9-16(20)13-14(17)2/h5-10,13H,4,11-12H2,1-3H3,(H,21,23). The van der Waals surface area contributed by atoms with Crippen LogP contribution in [-0.4, -0.2) is 27.1 Å². The van der Waals surface area contributed by atoms with E-state index < -0.39 is 10.0 Å². The first-order valence-electron chi connectivity index (χ1n) is 8.34. The third-order valence-electron chi connectivity index (χ3n) is 4.05. The first kappa shape index (κ1) is 20.3. The Labute approximate surface area is 160 Å². The smallest absolute Gasteiger partial charge is 0.232 e. The average Bonchev–Trinajstić information content (AvgIpc) is 2.57. The van der Waals surface area contributed by atoms with Gasteiger partial charge in [0, 0.05) is 23.7 Å². The van der Waals surface area contributed by atoms with Crippen molar-refractivity contribution in [3.8, 4) is 0 Å². The Kier molecular flexibility index (Phi) is 6.67. The molecule has 0 unspecified atom stereocenters. The van der Waals surface area contributed by atoms with Crippen molar-refractivity contribution >= 4 is 38.9 Å². The molecular weight excluding hydrogens is 372 g/mol. The first-order valence-corrected chi connectivity index (χ1v) is 10.6. The summed E-state index contributed by atoms with van der Waals surface area (Å²) in [7, 11) is -3.50. The summed E-state index contributed by atoms with van der Waals surface area (Å²) in [6, 6.07) is 12.5. The molecular formula is C19H23ClN2O3S. The number of nitrogens with zero attached hydrogens (tertiary/aromatic N) is 1. The predicted octanol–water partition coefficient (Wildman–Crippen LogP) is 4.01. The summed E-state index contributed by atoms with van der Waals surface area (Å²) in [5.41, 5.74) is 3.06. The maximum Gasteiger partial charge on any atom is 0.232 e. The highest BCUT2D eigenvalue weighted by Crippen LogP contribution is 2.24. The number of rotatable bonds is 7. The van der Waals surface area contributed by atoms with Crippen molar-refractivity contribution in [1.82, 2.24) is 0 Å². The molecule has 26 heavy (non-hydrogen) atoms. The van der Waals surface area contributed by atoms with Crippen molar-refractivity contribution < 1.29 is 13.2 Å². The van der Waals surface area contributed by atoms with Gasteiger partial charge in [-0.05, 0) is 48.7 Å². The molecule has 140 valence electrons. The lowest BCUT2D eigenvalue weighted by atomic mass is 10.1. The zero-order valence-electron chi connectivity index (χ0n) is 15.1. The van der Waals surface area contributed by atoms with Crippen LogP contribution in [0.1, 0.15) is 24.5 Å². The summed E-state index contributed by atoms with van der Waals surface area (Å²) in [4.78, 5) is 12.3. The first-order chi connectivity index (χ1) is 12.2. The number of para-hydroxylation sites is 1. The fourth-order valence-corrected chi connectivity index (χ4v) is 3.89. The Morgan fingerprint density at radius 1 is 1.19 bits per heavy atom. The molecule has 2 aromatic rings. The third kappa shape index (κ3) is 5.22. The summed E-state index contributed by atoms with van der Waals surface area (Å²) < 4.78 is 25.8. The van der Waals surface area contributed by atoms with Crippen molar-refractivity contribution in [2.75, 3.05) is 22.4 Å². The van der Waals surface area contributed by atoms with E-state index in [0.717, 1.165) is 17.4 Å². The van der Waals surface area contributed by atoms with E-state index >= 15 is 0 Å². The molecule has 0 saturated carbocycles. The molecule has 5 nitrogen and oxygen atoms in total. The number of sulfonamides is 1. The van der Waals surface area contributed by atoms with Crippen LogP contribution in [0.4, 0.5) is 11.4 Å². The van der Waals surface area contributed by atoms with Gasteiger partial charge in [-0.15, -0.1) is 0 Å². The molecule has 7 heteroatoms. The quantitative estimate of drug-likeness (QED) is 0.771.